The number of hydrogen-bond donors (Lipinski definition) is 2. The van der Waals surface area contributed by atoms with Crippen molar-refractivity contribution in [1.29, 1.82) is 0 Å². The molecule has 1 atom stereocenters. The molecule has 0 amide bonds. The van der Waals surface area contributed by atoms with Gasteiger partial charge in [-0.05, 0) is 30.5 Å². The molecule has 3 rings (SSSR count). The molecule has 6 heteroatoms. The zero-order valence-corrected chi connectivity index (χ0v) is 11.2. The van der Waals surface area contributed by atoms with Gasteiger partial charge in [0.15, 0.2) is 0 Å². The molecule has 0 spiro atoms. The third kappa shape index (κ3) is 2.45. The Bertz CT molecular complexity index is 730. The average Bonchev–Trinajstić information content (AvgIpc) is 3.06. The Labute approximate surface area is 113 Å². The molecule has 19 heavy (non-hydrogen) atoms. The lowest BCUT2D eigenvalue weighted by molar-refractivity contribution is 0.427. The van der Waals surface area contributed by atoms with Crippen LogP contribution >= 0.6 is 11.3 Å². The van der Waals surface area contributed by atoms with Crippen molar-refractivity contribution in [3.63, 3.8) is 0 Å². The van der Waals surface area contributed by atoms with Crippen LogP contribution in [0.3, 0.4) is 0 Å². The number of H-pyrrole nitrogens is 1. The first-order chi connectivity index (χ1) is 9.24. The van der Waals surface area contributed by atoms with Crippen LogP contribution in [0.4, 0.5) is 0 Å². The molecule has 3 aromatic rings. The minimum Gasteiger partial charge on any atom is -0.468 e. The molecule has 0 aliphatic heterocycles. The molecular formula is C13H13N3O2S. The first-order valence-electron chi connectivity index (χ1n) is 5.97. The second kappa shape index (κ2) is 4.99. The Balaban J connectivity index is 1.76. The fourth-order valence-corrected chi connectivity index (χ4v) is 2.62. The maximum atomic E-state index is 11.8. The van der Waals surface area contributed by atoms with Gasteiger partial charge < -0.3 is 14.7 Å². The van der Waals surface area contributed by atoms with Crippen LogP contribution in [0.15, 0.2) is 39.1 Å². The van der Waals surface area contributed by atoms with Crippen molar-refractivity contribution >= 4 is 21.6 Å². The number of furan rings is 1. The number of rotatable bonds is 4. The van der Waals surface area contributed by atoms with E-state index in [1.165, 1.54) is 11.3 Å². The van der Waals surface area contributed by atoms with E-state index in [0.717, 1.165) is 11.3 Å². The largest absolute Gasteiger partial charge is 0.468 e. The molecule has 0 saturated carbocycles. The van der Waals surface area contributed by atoms with Crippen LogP contribution < -0.4 is 10.9 Å². The third-order valence-corrected chi connectivity index (χ3v) is 3.81. The number of fused-ring (bicyclic) bond motifs is 1. The minimum atomic E-state index is -0.0811. The molecule has 0 radical (unpaired) electrons. The van der Waals surface area contributed by atoms with Gasteiger partial charge in [0.2, 0.25) is 0 Å². The maximum absolute atomic E-state index is 11.8. The summed E-state index contributed by atoms with van der Waals surface area (Å²) in [6, 6.07) is 5.69. The van der Waals surface area contributed by atoms with Gasteiger partial charge in [0.25, 0.3) is 5.56 Å². The van der Waals surface area contributed by atoms with Gasteiger partial charge in [0.05, 0.1) is 24.4 Å². The van der Waals surface area contributed by atoms with Gasteiger partial charge >= 0.3 is 0 Å². The number of nitrogens with zero attached hydrogens (tertiary/aromatic N) is 1. The topological polar surface area (TPSA) is 70.9 Å². The molecule has 3 heterocycles. The van der Waals surface area contributed by atoms with E-state index in [2.05, 4.69) is 15.3 Å². The highest BCUT2D eigenvalue weighted by Crippen LogP contribution is 2.15. The number of nitrogens with one attached hydrogen (secondary N) is 2. The molecular weight excluding hydrogens is 262 g/mol. The normalized spacial score (nSPS) is 12.9. The van der Waals surface area contributed by atoms with Crippen LogP contribution in [-0.2, 0) is 6.54 Å². The van der Waals surface area contributed by atoms with Gasteiger partial charge in [-0.3, -0.25) is 4.79 Å². The molecule has 2 N–H and O–H groups in total. The highest BCUT2D eigenvalue weighted by Gasteiger charge is 2.09. The molecule has 0 bridgehead atoms. The molecule has 0 unspecified atom stereocenters. The summed E-state index contributed by atoms with van der Waals surface area (Å²) >= 11 is 1.40. The van der Waals surface area contributed by atoms with Crippen molar-refractivity contribution in [3.05, 3.63) is 51.8 Å². The molecule has 0 aromatic carbocycles. The van der Waals surface area contributed by atoms with E-state index in [9.17, 15) is 4.79 Å². The fraction of sp³-hybridized carbons (Fsp3) is 0.231. The molecule has 3 aromatic heterocycles. The molecule has 0 aliphatic rings. The van der Waals surface area contributed by atoms with Gasteiger partial charge in [0, 0.05) is 0 Å². The molecule has 98 valence electrons. The van der Waals surface area contributed by atoms with Gasteiger partial charge in [0.1, 0.15) is 16.3 Å². The summed E-state index contributed by atoms with van der Waals surface area (Å²) < 4.78 is 5.98. The van der Waals surface area contributed by atoms with Gasteiger partial charge in [-0.15, -0.1) is 11.3 Å². The second-order valence-electron chi connectivity index (χ2n) is 4.27. The van der Waals surface area contributed by atoms with Crippen LogP contribution in [0.1, 0.15) is 24.6 Å². The maximum Gasteiger partial charge on any atom is 0.268 e. The highest BCUT2D eigenvalue weighted by molar-refractivity contribution is 7.17. The van der Waals surface area contributed by atoms with Crippen molar-refractivity contribution in [1.82, 2.24) is 15.3 Å². The monoisotopic (exact) mass is 275 g/mol. The van der Waals surface area contributed by atoms with E-state index in [-0.39, 0.29) is 11.6 Å². The molecule has 0 saturated heterocycles. The molecule has 0 aliphatic carbocycles. The second-order valence-corrected chi connectivity index (χ2v) is 5.18. The smallest absolute Gasteiger partial charge is 0.268 e. The fourth-order valence-electron chi connectivity index (χ4n) is 1.89. The van der Waals surface area contributed by atoms with E-state index in [0.29, 0.717) is 17.1 Å². The van der Waals surface area contributed by atoms with Gasteiger partial charge in [-0.2, -0.15) is 0 Å². The van der Waals surface area contributed by atoms with Crippen molar-refractivity contribution in [2.24, 2.45) is 0 Å². The molecule has 0 fully saturated rings. The Morgan fingerprint density at radius 1 is 1.53 bits per heavy atom. The lowest BCUT2D eigenvalue weighted by atomic mass is 10.2. The van der Waals surface area contributed by atoms with Gasteiger partial charge in [-0.25, -0.2) is 4.98 Å². The van der Waals surface area contributed by atoms with Crippen molar-refractivity contribution in [2.45, 2.75) is 19.5 Å². The summed E-state index contributed by atoms with van der Waals surface area (Å²) in [5.41, 5.74) is 0.665. The first-order valence-corrected chi connectivity index (χ1v) is 6.85. The highest BCUT2D eigenvalue weighted by atomic mass is 32.1. The average molecular weight is 275 g/mol. The van der Waals surface area contributed by atoms with Crippen molar-refractivity contribution < 1.29 is 4.42 Å². The van der Waals surface area contributed by atoms with E-state index >= 15 is 0 Å². The lowest BCUT2D eigenvalue weighted by Crippen LogP contribution is -2.21. The first kappa shape index (κ1) is 12.1. The summed E-state index contributed by atoms with van der Waals surface area (Å²) in [7, 11) is 0. The quantitative estimate of drug-likeness (QED) is 0.767. The van der Waals surface area contributed by atoms with E-state index < -0.39 is 0 Å². The van der Waals surface area contributed by atoms with Crippen LogP contribution in [0.25, 0.3) is 10.2 Å². The summed E-state index contributed by atoms with van der Waals surface area (Å²) in [6.45, 7) is 2.49. The zero-order chi connectivity index (χ0) is 13.2. The number of aromatic nitrogens is 2. The SMILES string of the molecule is C[C@H](NCc1nc2ccsc2c(=O)[nH]1)c1ccco1. The number of hydrogen-bond acceptors (Lipinski definition) is 5. The van der Waals surface area contributed by atoms with Crippen LogP contribution in [0.5, 0.6) is 0 Å². The van der Waals surface area contributed by atoms with Crippen molar-refractivity contribution in [3.8, 4) is 0 Å². The number of aromatic amines is 1. The Morgan fingerprint density at radius 2 is 2.42 bits per heavy atom. The number of thiophene rings is 1. The van der Waals surface area contributed by atoms with E-state index in [1.54, 1.807) is 6.26 Å². The van der Waals surface area contributed by atoms with Gasteiger partial charge in [-0.1, -0.05) is 0 Å². The van der Waals surface area contributed by atoms with E-state index in [1.807, 2.05) is 30.5 Å². The standard InChI is InChI=1S/C13H13N3O2S/c1-8(10-3-2-5-18-10)14-7-11-15-9-4-6-19-12(9)13(17)16-11/h2-6,8,14H,7H2,1H3,(H,15,16,17)/t8-/m0/s1. The predicted molar refractivity (Wildman–Crippen MR) is 74.2 cm³/mol. The zero-order valence-electron chi connectivity index (χ0n) is 10.3. The van der Waals surface area contributed by atoms with E-state index in [4.69, 9.17) is 4.42 Å². The minimum absolute atomic E-state index is 0.0680. The summed E-state index contributed by atoms with van der Waals surface area (Å²) in [5.74, 6) is 1.49. The van der Waals surface area contributed by atoms with Crippen LogP contribution in [0.2, 0.25) is 0 Å². The summed E-state index contributed by atoms with van der Waals surface area (Å²) in [6.07, 6.45) is 1.64. The van der Waals surface area contributed by atoms with Crippen molar-refractivity contribution in [2.75, 3.05) is 0 Å². The Morgan fingerprint density at radius 3 is 3.21 bits per heavy atom. The lowest BCUT2D eigenvalue weighted by Gasteiger charge is -2.10. The summed E-state index contributed by atoms with van der Waals surface area (Å²) in [4.78, 5) is 19.0. The Kier molecular flexibility index (Phi) is 3.18. The Hall–Kier alpha value is -1.92. The predicted octanol–water partition coefficient (Wildman–Crippen LogP) is 2.43. The van der Waals surface area contributed by atoms with Crippen LogP contribution in [-0.4, -0.2) is 9.97 Å². The van der Waals surface area contributed by atoms with Crippen LogP contribution in [0, 0.1) is 0 Å². The summed E-state index contributed by atoms with van der Waals surface area (Å²) in [5, 5.41) is 5.13. The molecule has 5 nitrogen and oxygen atoms in total. The third-order valence-electron chi connectivity index (χ3n) is 2.91.